The minimum absolute atomic E-state index is 0.0607. The molecule has 6 nitrogen and oxygen atoms in total. The predicted octanol–water partition coefficient (Wildman–Crippen LogP) is 2.31. The number of aromatic amines is 1. The summed E-state index contributed by atoms with van der Waals surface area (Å²) >= 11 is 0. The van der Waals surface area contributed by atoms with Gasteiger partial charge in [-0.3, -0.25) is 4.72 Å². The summed E-state index contributed by atoms with van der Waals surface area (Å²) in [6.45, 7) is 4.73. The number of hydrogen-bond donors (Lipinski definition) is 2. The fourth-order valence-corrected chi connectivity index (χ4v) is 2.86. The van der Waals surface area contributed by atoms with Crippen molar-refractivity contribution in [1.82, 2.24) is 9.97 Å². The summed E-state index contributed by atoms with van der Waals surface area (Å²) in [5.41, 5.74) is 1.30. The molecule has 1 aromatic carbocycles. The van der Waals surface area contributed by atoms with Crippen LogP contribution in [0.1, 0.15) is 25.2 Å². The van der Waals surface area contributed by atoms with Crippen molar-refractivity contribution in [2.24, 2.45) is 0 Å². The lowest BCUT2D eigenvalue weighted by Gasteiger charge is -2.11. The zero-order valence-electron chi connectivity index (χ0n) is 12.1. The molecular weight excluding hydrogens is 290 g/mol. The van der Waals surface area contributed by atoms with Crippen molar-refractivity contribution in [3.63, 3.8) is 0 Å². The third kappa shape index (κ3) is 3.83. The fourth-order valence-electron chi connectivity index (χ4n) is 1.82. The first-order valence-corrected chi connectivity index (χ1v) is 8.27. The van der Waals surface area contributed by atoms with E-state index in [0.29, 0.717) is 31.1 Å². The molecule has 0 aliphatic heterocycles. The molecule has 7 heteroatoms. The first-order valence-electron chi connectivity index (χ1n) is 6.79. The molecule has 0 fully saturated rings. The Morgan fingerprint density at radius 1 is 1.29 bits per heavy atom. The van der Waals surface area contributed by atoms with E-state index < -0.39 is 10.0 Å². The van der Waals surface area contributed by atoms with Gasteiger partial charge in [0, 0.05) is 18.6 Å². The summed E-state index contributed by atoms with van der Waals surface area (Å²) in [5.74, 6) is 0.637. The smallest absolute Gasteiger partial charge is 0.278 e. The van der Waals surface area contributed by atoms with Crippen LogP contribution in [0, 0.1) is 0 Å². The SMILES string of the molecule is CCOCc1ccccc1NS(=O)(=O)c1cnc(CC)[nH]1. The minimum Gasteiger partial charge on any atom is -0.377 e. The van der Waals surface area contributed by atoms with Gasteiger partial charge in [0.05, 0.1) is 18.5 Å². The van der Waals surface area contributed by atoms with Crippen LogP contribution in [-0.2, 0) is 27.8 Å². The largest absolute Gasteiger partial charge is 0.377 e. The van der Waals surface area contributed by atoms with Crippen molar-refractivity contribution in [2.75, 3.05) is 11.3 Å². The first kappa shape index (κ1) is 15.5. The van der Waals surface area contributed by atoms with Crippen LogP contribution >= 0.6 is 0 Å². The topological polar surface area (TPSA) is 84.1 Å². The van der Waals surface area contributed by atoms with Gasteiger partial charge in [0.25, 0.3) is 10.0 Å². The highest BCUT2D eigenvalue weighted by atomic mass is 32.2. The molecule has 0 spiro atoms. The van der Waals surface area contributed by atoms with E-state index in [4.69, 9.17) is 4.74 Å². The molecule has 0 aliphatic rings. The van der Waals surface area contributed by atoms with Gasteiger partial charge in [-0.25, -0.2) is 4.98 Å². The van der Waals surface area contributed by atoms with Crippen molar-refractivity contribution >= 4 is 15.7 Å². The number of hydrogen-bond acceptors (Lipinski definition) is 4. The maximum Gasteiger partial charge on any atom is 0.278 e. The summed E-state index contributed by atoms with van der Waals surface area (Å²) in [6, 6.07) is 7.16. The van der Waals surface area contributed by atoms with E-state index in [1.165, 1.54) is 6.20 Å². The van der Waals surface area contributed by atoms with Crippen LogP contribution in [0.15, 0.2) is 35.5 Å². The Kier molecular flexibility index (Phi) is 4.98. The number of anilines is 1. The fraction of sp³-hybridized carbons (Fsp3) is 0.357. The Bertz CT molecular complexity index is 695. The van der Waals surface area contributed by atoms with E-state index in [1.54, 1.807) is 12.1 Å². The van der Waals surface area contributed by atoms with Crippen molar-refractivity contribution in [3.8, 4) is 0 Å². The maximum absolute atomic E-state index is 12.3. The maximum atomic E-state index is 12.3. The van der Waals surface area contributed by atoms with E-state index in [2.05, 4.69) is 14.7 Å². The molecule has 0 atom stereocenters. The molecule has 114 valence electrons. The molecule has 1 aromatic heterocycles. The molecular formula is C14H19N3O3S. The number of para-hydroxylation sites is 1. The average molecular weight is 309 g/mol. The van der Waals surface area contributed by atoms with Crippen LogP contribution in [0.2, 0.25) is 0 Å². The summed E-state index contributed by atoms with van der Waals surface area (Å²) in [6.07, 6.45) is 1.97. The van der Waals surface area contributed by atoms with E-state index in [9.17, 15) is 8.42 Å². The molecule has 2 aromatic rings. The number of benzene rings is 1. The summed E-state index contributed by atoms with van der Waals surface area (Å²) < 4.78 is 32.6. The number of aromatic nitrogens is 2. The number of aryl methyl sites for hydroxylation is 1. The Hall–Kier alpha value is -1.86. The van der Waals surface area contributed by atoms with Crippen LogP contribution in [0.5, 0.6) is 0 Å². The quantitative estimate of drug-likeness (QED) is 0.822. The number of ether oxygens (including phenoxy) is 1. The molecule has 0 amide bonds. The molecule has 0 radical (unpaired) electrons. The van der Waals surface area contributed by atoms with Gasteiger partial charge in [-0.15, -0.1) is 0 Å². The van der Waals surface area contributed by atoms with E-state index >= 15 is 0 Å². The third-order valence-corrected chi connectivity index (χ3v) is 4.23. The summed E-state index contributed by atoms with van der Waals surface area (Å²) in [7, 11) is -3.67. The molecule has 0 unspecified atom stereocenters. The second kappa shape index (κ2) is 6.73. The number of nitrogens with one attached hydrogen (secondary N) is 2. The van der Waals surface area contributed by atoms with Gasteiger partial charge < -0.3 is 9.72 Å². The highest BCUT2D eigenvalue weighted by Crippen LogP contribution is 2.20. The molecule has 21 heavy (non-hydrogen) atoms. The monoisotopic (exact) mass is 309 g/mol. The normalized spacial score (nSPS) is 11.5. The van der Waals surface area contributed by atoms with Gasteiger partial charge in [0.1, 0.15) is 5.82 Å². The number of rotatable bonds is 7. The Morgan fingerprint density at radius 2 is 2.05 bits per heavy atom. The van der Waals surface area contributed by atoms with Crippen LogP contribution in [0.3, 0.4) is 0 Å². The van der Waals surface area contributed by atoms with Gasteiger partial charge in [0.15, 0.2) is 5.03 Å². The lowest BCUT2D eigenvalue weighted by atomic mass is 10.2. The average Bonchev–Trinajstić information content (AvgIpc) is 2.96. The van der Waals surface area contributed by atoms with Crippen LogP contribution in [-0.4, -0.2) is 25.0 Å². The summed E-state index contributed by atoms with van der Waals surface area (Å²) in [4.78, 5) is 6.81. The van der Waals surface area contributed by atoms with Gasteiger partial charge in [-0.05, 0) is 13.0 Å². The molecule has 2 N–H and O–H groups in total. The lowest BCUT2D eigenvalue weighted by molar-refractivity contribution is 0.134. The van der Waals surface area contributed by atoms with Crippen LogP contribution in [0.4, 0.5) is 5.69 Å². The van der Waals surface area contributed by atoms with E-state index in [-0.39, 0.29) is 5.03 Å². The molecule has 1 heterocycles. The molecule has 2 rings (SSSR count). The first-order chi connectivity index (χ1) is 10.1. The predicted molar refractivity (Wildman–Crippen MR) is 80.5 cm³/mol. The van der Waals surface area contributed by atoms with Crippen LogP contribution in [0.25, 0.3) is 0 Å². The Balaban J connectivity index is 2.24. The number of sulfonamides is 1. The van der Waals surface area contributed by atoms with E-state index in [1.807, 2.05) is 26.0 Å². The number of H-pyrrole nitrogens is 1. The number of imidazole rings is 1. The third-order valence-electron chi connectivity index (χ3n) is 2.95. The molecule has 0 saturated heterocycles. The molecule has 0 bridgehead atoms. The minimum atomic E-state index is -3.67. The molecule has 0 aliphatic carbocycles. The second-order valence-electron chi connectivity index (χ2n) is 4.45. The zero-order chi connectivity index (χ0) is 15.3. The van der Waals surface area contributed by atoms with Crippen molar-refractivity contribution in [3.05, 3.63) is 41.9 Å². The van der Waals surface area contributed by atoms with Gasteiger partial charge in [0.2, 0.25) is 0 Å². The van der Waals surface area contributed by atoms with E-state index in [0.717, 1.165) is 5.56 Å². The lowest BCUT2D eigenvalue weighted by Crippen LogP contribution is -2.15. The second-order valence-corrected chi connectivity index (χ2v) is 6.10. The van der Waals surface area contributed by atoms with Gasteiger partial charge >= 0.3 is 0 Å². The highest BCUT2D eigenvalue weighted by Gasteiger charge is 2.18. The Labute approximate surface area is 124 Å². The van der Waals surface area contributed by atoms with Crippen molar-refractivity contribution in [1.29, 1.82) is 0 Å². The number of nitrogens with zero attached hydrogens (tertiary/aromatic N) is 1. The summed E-state index contributed by atoms with van der Waals surface area (Å²) in [5, 5.41) is 0.0607. The highest BCUT2D eigenvalue weighted by molar-refractivity contribution is 7.92. The van der Waals surface area contributed by atoms with Crippen LogP contribution < -0.4 is 4.72 Å². The standard InChI is InChI=1S/C14H19N3O3S/c1-3-13-15-9-14(16-13)21(18,19)17-12-8-6-5-7-11(12)10-20-4-2/h5-9,17H,3-4,10H2,1-2H3,(H,15,16). The zero-order valence-corrected chi connectivity index (χ0v) is 12.9. The van der Waals surface area contributed by atoms with Gasteiger partial charge in [-0.2, -0.15) is 8.42 Å². The van der Waals surface area contributed by atoms with Crippen molar-refractivity contribution in [2.45, 2.75) is 31.9 Å². The van der Waals surface area contributed by atoms with Crippen molar-refractivity contribution < 1.29 is 13.2 Å². The molecule has 0 saturated carbocycles. The Morgan fingerprint density at radius 3 is 2.71 bits per heavy atom. The van der Waals surface area contributed by atoms with Gasteiger partial charge in [-0.1, -0.05) is 25.1 Å².